The Hall–Kier alpha value is -1.19. The van der Waals surface area contributed by atoms with Crippen LogP contribution in [0, 0.1) is 11.3 Å². The fourth-order valence-electron chi connectivity index (χ4n) is 2.80. The standard InChI is InChI=1S/C15H24O4/c1-10(9-11(2)16)15(8-6-7-12(15)17)13(18)19-14(3,4)5/h10H,6-9H2,1-5H3/t10-,15-/m1/s1. The number of carbonyl (C=O) groups excluding carboxylic acids is 3. The van der Waals surface area contributed by atoms with Crippen molar-refractivity contribution in [3.05, 3.63) is 0 Å². The molecule has 1 rings (SSSR count). The molecular formula is C15H24O4. The van der Waals surface area contributed by atoms with Gasteiger partial charge in [-0.05, 0) is 46.5 Å². The number of esters is 1. The molecule has 0 unspecified atom stereocenters. The molecule has 1 aliphatic rings. The van der Waals surface area contributed by atoms with Crippen molar-refractivity contribution >= 4 is 17.5 Å². The summed E-state index contributed by atoms with van der Waals surface area (Å²) in [6, 6.07) is 0. The van der Waals surface area contributed by atoms with Crippen LogP contribution < -0.4 is 0 Å². The van der Waals surface area contributed by atoms with Crippen LogP contribution in [0.15, 0.2) is 0 Å². The predicted octanol–water partition coefficient (Wildman–Crippen LogP) is 2.68. The first-order chi connectivity index (χ1) is 8.59. The van der Waals surface area contributed by atoms with Crippen molar-refractivity contribution in [2.24, 2.45) is 11.3 Å². The fourth-order valence-corrected chi connectivity index (χ4v) is 2.80. The van der Waals surface area contributed by atoms with Gasteiger partial charge in [0, 0.05) is 12.8 Å². The van der Waals surface area contributed by atoms with Crippen LogP contribution in [0.4, 0.5) is 0 Å². The minimum absolute atomic E-state index is 0.00451. The van der Waals surface area contributed by atoms with Crippen molar-refractivity contribution in [2.75, 3.05) is 0 Å². The Morgan fingerprint density at radius 3 is 2.32 bits per heavy atom. The molecule has 4 heteroatoms. The van der Waals surface area contributed by atoms with E-state index in [1.165, 1.54) is 6.92 Å². The predicted molar refractivity (Wildman–Crippen MR) is 71.6 cm³/mol. The van der Waals surface area contributed by atoms with E-state index in [0.717, 1.165) is 0 Å². The van der Waals surface area contributed by atoms with Crippen LogP contribution in [0.1, 0.15) is 60.3 Å². The molecule has 4 nitrogen and oxygen atoms in total. The molecule has 0 aromatic heterocycles. The molecule has 0 saturated heterocycles. The van der Waals surface area contributed by atoms with Crippen molar-refractivity contribution in [3.8, 4) is 0 Å². The maximum Gasteiger partial charge on any atom is 0.320 e. The maximum absolute atomic E-state index is 12.5. The molecule has 19 heavy (non-hydrogen) atoms. The minimum atomic E-state index is -1.11. The van der Waals surface area contributed by atoms with E-state index in [0.29, 0.717) is 19.3 Å². The smallest absolute Gasteiger partial charge is 0.320 e. The SMILES string of the molecule is CC(=O)C[C@@H](C)[C@]1(C(=O)OC(C)(C)C)CCCC1=O. The highest BCUT2D eigenvalue weighted by Gasteiger charge is 2.54. The average molecular weight is 268 g/mol. The summed E-state index contributed by atoms with van der Waals surface area (Å²) in [5.74, 6) is -0.836. The molecule has 0 radical (unpaired) electrons. The molecule has 0 amide bonds. The van der Waals surface area contributed by atoms with Crippen LogP contribution in [-0.2, 0) is 19.1 Å². The summed E-state index contributed by atoms with van der Waals surface area (Å²) in [5.41, 5.74) is -1.73. The zero-order chi connectivity index (χ0) is 14.8. The molecule has 0 spiro atoms. The highest BCUT2D eigenvalue weighted by molar-refractivity contribution is 6.06. The number of hydrogen-bond donors (Lipinski definition) is 0. The average Bonchev–Trinajstić information content (AvgIpc) is 2.57. The van der Waals surface area contributed by atoms with Gasteiger partial charge < -0.3 is 9.53 Å². The Kier molecular flexibility index (Phi) is 4.54. The molecule has 0 aromatic carbocycles. The third kappa shape index (κ3) is 3.43. The van der Waals surface area contributed by atoms with E-state index in [4.69, 9.17) is 4.74 Å². The third-order valence-corrected chi connectivity index (χ3v) is 3.67. The van der Waals surface area contributed by atoms with Crippen molar-refractivity contribution in [1.82, 2.24) is 0 Å². The summed E-state index contributed by atoms with van der Waals surface area (Å²) in [7, 11) is 0. The molecule has 0 N–H and O–H groups in total. The lowest BCUT2D eigenvalue weighted by molar-refractivity contribution is -0.173. The van der Waals surface area contributed by atoms with Gasteiger partial charge in [0.15, 0.2) is 0 Å². The summed E-state index contributed by atoms with van der Waals surface area (Å²) in [6.07, 6.45) is 1.84. The Bertz CT molecular complexity index is 391. The van der Waals surface area contributed by atoms with Crippen LogP contribution >= 0.6 is 0 Å². The van der Waals surface area contributed by atoms with Gasteiger partial charge in [0.05, 0.1) is 0 Å². The highest BCUT2D eigenvalue weighted by atomic mass is 16.6. The molecule has 1 saturated carbocycles. The summed E-state index contributed by atoms with van der Waals surface area (Å²) in [4.78, 5) is 36.0. The minimum Gasteiger partial charge on any atom is -0.459 e. The van der Waals surface area contributed by atoms with Crippen molar-refractivity contribution in [3.63, 3.8) is 0 Å². The van der Waals surface area contributed by atoms with Crippen LogP contribution in [0.3, 0.4) is 0 Å². The highest BCUT2D eigenvalue weighted by Crippen LogP contribution is 2.44. The topological polar surface area (TPSA) is 60.4 Å². The second kappa shape index (κ2) is 5.43. The molecule has 0 bridgehead atoms. The monoisotopic (exact) mass is 268 g/mol. The van der Waals surface area contributed by atoms with Crippen molar-refractivity contribution in [1.29, 1.82) is 0 Å². The lowest BCUT2D eigenvalue weighted by atomic mass is 9.72. The first-order valence-electron chi connectivity index (χ1n) is 6.86. The van der Waals surface area contributed by atoms with E-state index in [-0.39, 0.29) is 23.9 Å². The van der Waals surface area contributed by atoms with E-state index in [9.17, 15) is 14.4 Å². The number of Topliss-reactive ketones (excluding diaryl/α,β-unsaturated/α-hetero) is 2. The van der Waals surface area contributed by atoms with Crippen LogP contribution in [-0.4, -0.2) is 23.1 Å². The normalized spacial score (nSPS) is 25.2. The zero-order valence-corrected chi connectivity index (χ0v) is 12.5. The first-order valence-corrected chi connectivity index (χ1v) is 6.86. The van der Waals surface area contributed by atoms with Crippen LogP contribution in [0.25, 0.3) is 0 Å². The second-order valence-corrected chi connectivity index (χ2v) is 6.56. The molecule has 0 aromatic rings. The molecule has 108 valence electrons. The van der Waals surface area contributed by atoms with Gasteiger partial charge in [0.2, 0.25) is 0 Å². The summed E-state index contributed by atoms with van der Waals surface area (Å²) in [6.45, 7) is 8.64. The van der Waals surface area contributed by atoms with Gasteiger partial charge in [-0.3, -0.25) is 9.59 Å². The van der Waals surface area contributed by atoms with Gasteiger partial charge in [-0.2, -0.15) is 0 Å². The van der Waals surface area contributed by atoms with Crippen molar-refractivity contribution in [2.45, 2.75) is 65.9 Å². The van der Waals surface area contributed by atoms with E-state index < -0.39 is 17.0 Å². The van der Waals surface area contributed by atoms with Gasteiger partial charge in [0.25, 0.3) is 0 Å². The molecular weight excluding hydrogens is 244 g/mol. The lowest BCUT2D eigenvalue weighted by Crippen LogP contribution is -2.45. The van der Waals surface area contributed by atoms with E-state index in [1.807, 2.05) is 0 Å². The van der Waals surface area contributed by atoms with Gasteiger partial charge in [-0.25, -0.2) is 0 Å². The number of ketones is 2. The van der Waals surface area contributed by atoms with Gasteiger partial charge >= 0.3 is 5.97 Å². The van der Waals surface area contributed by atoms with Crippen molar-refractivity contribution < 1.29 is 19.1 Å². The lowest BCUT2D eigenvalue weighted by Gasteiger charge is -2.34. The Balaban J connectivity index is 3.04. The second-order valence-electron chi connectivity index (χ2n) is 6.56. The molecule has 2 atom stereocenters. The quantitative estimate of drug-likeness (QED) is 0.581. The number of ether oxygens (including phenoxy) is 1. The van der Waals surface area contributed by atoms with Gasteiger partial charge in [0.1, 0.15) is 22.6 Å². The van der Waals surface area contributed by atoms with E-state index in [1.54, 1.807) is 27.7 Å². The summed E-state index contributed by atoms with van der Waals surface area (Å²) < 4.78 is 5.43. The molecule has 1 fully saturated rings. The largest absolute Gasteiger partial charge is 0.459 e. The summed E-state index contributed by atoms with van der Waals surface area (Å²) in [5, 5.41) is 0. The van der Waals surface area contributed by atoms with Crippen LogP contribution in [0.2, 0.25) is 0 Å². The number of hydrogen-bond acceptors (Lipinski definition) is 4. The molecule has 1 aliphatic carbocycles. The van der Waals surface area contributed by atoms with Crippen LogP contribution in [0.5, 0.6) is 0 Å². The maximum atomic E-state index is 12.5. The summed E-state index contributed by atoms with van der Waals surface area (Å²) >= 11 is 0. The van der Waals surface area contributed by atoms with Gasteiger partial charge in [-0.1, -0.05) is 6.92 Å². The molecule has 0 aliphatic heterocycles. The number of rotatable bonds is 4. The Morgan fingerprint density at radius 2 is 1.95 bits per heavy atom. The van der Waals surface area contributed by atoms with E-state index in [2.05, 4.69) is 0 Å². The first kappa shape index (κ1) is 15.9. The Morgan fingerprint density at radius 1 is 1.37 bits per heavy atom. The zero-order valence-electron chi connectivity index (χ0n) is 12.5. The number of carbonyl (C=O) groups is 3. The Labute approximate surface area is 114 Å². The fraction of sp³-hybridized carbons (Fsp3) is 0.800. The van der Waals surface area contributed by atoms with E-state index >= 15 is 0 Å². The van der Waals surface area contributed by atoms with Gasteiger partial charge in [-0.15, -0.1) is 0 Å². The third-order valence-electron chi connectivity index (χ3n) is 3.67. The molecule has 0 heterocycles.